The molecule has 0 aliphatic carbocycles. The Balaban J connectivity index is 2.23. The second kappa shape index (κ2) is 5.32. The van der Waals surface area contributed by atoms with E-state index in [0.717, 1.165) is 16.1 Å². The molecule has 0 amide bonds. The topological polar surface area (TPSA) is 84.9 Å². The maximum atomic E-state index is 5.30. The molecule has 0 saturated heterocycles. The third-order valence-electron chi connectivity index (χ3n) is 2.52. The van der Waals surface area contributed by atoms with Gasteiger partial charge in [0, 0.05) is 32.7 Å². The van der Waals surface area contributed by atoms with Crippen molar-refractivity contribution in [3.63, 3.8) is 0 Å². The van der Waals surface area contributed by atoms with Gasteiger partial charge >= 0.3 is 0 Å². The Morgan fingerprint density at radius 1 is 1.50 bits per heavy atom. The quantitative estimate of drug-likeness (QED) is 0.644. The van der Waals surface area contributed by atoms with Crippen molar-refractivity contribution in [1.82, 2.24) is 19.5 Å². The van der Waals surface area contributed by atoms with Gasteiger partial charge in [0.05, 0.1) is 11.0 Å². The molecule has 0 radical (unpaired) electrons. The monoisotopic (exact) mass is 311 g/mol. The molecule has 0 saturated carbocycles. The first-order chi connectivity index (χ1) is 8.61. The fourth-order valence-electron chi connectivity index (χ4n) is 1.53. The van der Waals surface area contributed by atoms with E-state index >= 15 is 0 Å². The van der Waals surface area contributed by atoms with Gasteiger partial charge < -0.3 is 9.47 Å². The smallest absolute Gasteiger partial charge is 0.239 e. The summed E-state index contributed by atoms with van der Waals surface area (Å²) in [5.41, 5.74) is 2.43. The van der Waals surface area contributed by atoms with Crippen LogP contribution < -0.4 is 16.2 Å². The van der Waals surface area contributed by atoms with E-state index in [9.17, 15) is 0 Å². The van der Waals surface area contributed by atoms with E-state index < -0.39 is 0 Å². The minimum Gasteiger partial charge on any atom is -0.351 e. The largest absolute Gasteiger partial charge is 0.351 e. The van der Waals surface area contributed by atoms with Crippen molar-refractivity contribution in [2.45, 2.75) is 6.54 Å². The zero-order chi connectivity index (χ0) is 13.1. The molecule has 2 rings (SSSR count). The van der Waals surface area contributed by atoms with Crippen LogP contribution in [0.5, 0.6) is 0 Å². The van der Waals surface area contributed by atoms with Crippen LogP contribution in [0.4, 0.5) is 11.8 Å². The third-order valence-corrected chi connectivity index (χ3v) is 3.08. The van der Waals surface area contributed by atoms with Gasteiger partial charge in [-0.15, -0.1) is 0 Å². The van der Waals surface area contributed by atoms with Crippen molar-refractivity contribution in [2.24, 2.45) is 12.9 Å². The molecular weight excluding hydrogens is 298 g/mol. The lowest BCUT2D eigenvalue weighted by Crippen LogP contribution is -2.22. The Bertz CT molecular complexity index is 539. The lowest BCUT2D eigenvalue weighted by Gasteiger charge is -2.19. The summed E-state index contributed by atoms with van der Waals surface area (Å²) in [5.74, 6) is 7.38. The highest BCUT2D eigenvalue weighted by molar-refractivity contribution is 9.10. The molecule has 0 spiro atoms. The Morgan fingerprint density at radius 2 is 2.28 bits per heavy atom. The van der Waals surface area contributed by atoms with Gasteiger partial charge in [-0.3, -0.25) is 5.43 Å². The van der Waals surface area contributed by atoms with Crippen LogP contribution in [0.25, 0.3) is 0 Å². The normalized spacial score (nSPS) is 10.4. The van der Waals surface area contributed by atoms with Gasteiger partial charge in [-0.1, -0.05) is 0 Å². The maximum Gasteiger partial charge on any atom is 0.239 e. The first kappa shape index (κ1) is 12.8. The highest BCUT2D eigenvalue weighted by Gasteiger charge is 2.11. The highest BCUT2D eigenvalue weighted by Crippen LogP contribution is 2.24. The molecule has 8 heteroatoms. The Kier molecular flexibility index (Phi) is 3.78. The zero-order valence-electron chi connectivity index (χ0n) is 10.1. The van der Waals surface area contributed by atoms with Crippen molar-refractivity contribution in [1.29, 1.82) is 0 Å². The summed E-state index contributed by atoms with van der Waals surface area (Å²) in [7, 11) is 3.89. The Hall–Kier alpha value is -1.67. The van der Waals surface area contributed by atoms with Crippen LogP contribution >= 0.6 is 15.9 Å². The predicted molar refractivity (Wildman–Crippen MR) is 72.9 cm³/mol. The molecule has 2 aromatic heterocycles. The average molecular weight is 312 g/mol. The van der Waals surface area contributed by atoms with Crippen molar-refractivity contribution in [2.75, 3.05) is 17.4 Å². The highest BCUT2D eigenvalue weighted by atomic mass is 79.9. The van der Waals surface area contributed by atoms with Gasteiger partial charge in [0.1, 0.15) is 11.6 Å². The van der Waals surface area contributed by atoms with Crippen molar-refractivity contribution in [3.8, 4) is 0 Å². The molecule has 0 atom stereocenters. The number of halogens is 1. The molecule has 2 heterocycles. The molecule has 3 N–H and O–H groups in total. The summed E-state index contributed by atoms with van der Waals surface area (Å²) in [4.78, 5) is 14.6. The lowest BCUT2D eigenvalue weighted by atomic mass is 10.4. The molecule has 0 aliphatic rings. The number of imidazole rings is 1. The van der Waals surface area contributed by atoms with Crippen LogP contribution in [0, 0.1) is 0 Å². The van der Waals surface area contributed by atoms with Crippen molar-refractivity contribution >= 4 is 27.7 Å². The van der Waals surface area contributed by atoms with Crippen LogP contribution in [0.15, 0.2) is 23.1 Å². The summed E-state index contributed by atoms with van der Waals surface area (Å²) < 4.78 is 2.77. The van der Waals surface area contributed by atoms with Crippen LogP contribution in [0.2, 0.25) is 0 Å². The predicted octanol–water partition coefficient (Wildman–Crippen LogP) is 0.895. The number of aromatic nitrogens is 4. The van der Waals surface area contributed by atoms with E-state index in [1.165, 1.54) is 0 Å². The maximum absolute atomic E-state index is 5.30. The van der Waals surface area contributed by atoms with Crippen LogP contribution in [0.1, 0.15) is 5.82 Å². The number of nitrogens with zero attached hydrogens (tertiary/aromatic N) is 5. The molecule has 0 fully saturated rings. The van der Waals surface area contributed by atoms with E-state index in [1.807, 2.05) is 29.8 Å². The number of nitrogens with one attached hydrogen (secondary N) is 1. The van der Waals surface area contributed by atoms with Crippen molar-refractivity contribution in [3.05, 3.63) is 28.9 Å². The first-order valence-electron chi connectivity index (χ1n) is 5.28. The van der Waals surface area contributed by atoms with Gasteiger partial charge in [0.25, 0.3) is 0 Å². The first-order valence-corrected chi connectivity index (χ1v) is 6.07. The molecule has 0 bridgehead atoms. The average Bonchev–Trinajstić information content (AvgIpc) is 2.75. The number of nitrogen functional groups attached to an aromatic ring is 1. The number of hydrazine groups is 1. The SMILES string of the molecule is CN(Cc1nccn1C)c1nc(NN)ncc1Br. The van der Waals surface area contributed by atoms with Gasteiger partial charge in [-0.05, 0) is 15.9 Å². The third kappa shape index (κ3) is 2.59. The van der Waals surface area contributed by atoms with E-state index in [1.54, 1.807) is 12.4 Å². The number of hydrogen-bond acceptors (Lipinski definition) is 6. The second-order valence-corrected chi connectivity index (χ2v) is 4.67. The summed E-state index contributed by atoms with van der Waals surface area (Å²) in [6, 6.07) is 0. The minimum atomic E-state index is 0.375. The molecule has 0 aromatic carbocycles. The molecule has 0 unspecified atom stereocenters. The molecule has 0 aliphatic heterocycles. The lowest BCUT2D eigenvalue weighted by molar-refractivity contribution is 0.753. The van der Waals surface area contributed by atoms with E-state index in [2.05, 4.69) is 36.3 Å². The number of anilines is 2. The second-order valence-electron chi connectivity index (χ2n) is 3.82. The molecular formula is C10H14BrN7. The zero-order valence-corrected chi connectivity index (χ0v) is 11.7. The van der Waals surface area contributed by atoms with Crippen molar-refractivity contribution < 1.29 is 0 Å². The van der Waals surface area contributed by atoms with Crippen LogP contribution in [-0.2, 0) is 13.6 Å². The van der Waals surface area contributed by atoms with Gasteiger partial charge in [-0.25, -0.2) is 15.8 Å². The fraction of sp³-hybridized carbons (Fsp3) is 0.300. The summed E-state index contributed by atoms with van der Waals surface area (Å²) >= 11 is 3.42. The van der Waals surface area contributed by atoms with Gasteiger partial charge in [0.2, 0.25) is 5.95 Å². The van der Waals surface area contributed by atoms with E-state index in [4.69, 9.17) is 5.84 Å². The minimum absolute atomic E-state index is 0.375. The number of rotatable bonds is 4. The Morgan fingerprint density at radius 3 is 2.89 bits per heavy atom. The standard InChI is InChI=1S/C10H14BrN7/c1-17-4-3-13-8(17)6-18(2)9-7(11)5-14-10(15-9)16-12/h3-5H,6,12H2,1-2H3,(H,14,15,16). The van der Waals surface area contributed by atoms with Gasteiger partial charge in [0.15, 0.2) is 0 Å². The molecule has 2 aromatic rings. The van der Waals surface area contributed by atoms with Crippen LogP contribution in [0.3, 0.4) is 0 Å². The summed E-state index contributed by atoms with van der Waals surface area (Å²) in [5, 5.41) is 0. The number of hydrogen-bond donors (Lipinski definition) is 2. The number of aryl methyl sites for hydroxylation is 1. The number of nitrogens with two attached hydrogens (primary N) is 1. The molecule has 96 valence electrons. The molecule has 7 nitrogen and oxygen atoms in total. The summed E-state index contributed by atoms with van der Waals surface area (Å²) in [6.07, 6.45) is 5.34. The fourth-order valence-corrected chi connectivity index (χ4v) is 2.02. The Labute approximate surface area is 113 Å². The van der Waals surface area contributed by atoms with E-state index in [0.29, 0.717) is 12.5 Å². The van der Waals surface area contributed by atoms with Crippen LogP contribution in [-0.4, -0.2) is 26.6 Å². The molecule has 18 heavy (non-hydrogen) atoms. The van der Waals surface area contributed by atoms with Gasteiger partial charge in [-0.2, -0.15) is 4.98 Å². The summed E-state index contributed by atoms with van der Waals surface area (Å²) in [6.45, 7) is 0.642. The van der Waals surface area contributed by atoms with E-state index in [-0.39, 0.29) is 0 Å².